The van der Waals surface area contributed by atoms with E-state index in [1.165, 1.54) is 0 Å². The first-order valence-electron chi connectivity index (χ1n) is 6.35. The predicted octanol–water partition coefficient (Wildman–Crippen LogP) is -0.149. The van der Waals surface area contributed by atoms with Crippen molar-refractivity contribution in [2.45, 2.75) is 31.8 Å². The maximum atomic E-state index is 12.1. The monoisotopic (exact) mass is 257 g/mol. The molecule has 1 aliphatic heterocycles. The molecule has 1 saturated carbocycles. The molecule has 6 nitrogen and oxygen atoms in total. The van der Waals surface area contributed by atoms with Gasteiger partial charge < -0.3 is 19.8 Å². The molecule has 2 aliphatic rings. The molecule has 0 aromatic heterocycles. The third-order valence-corrected chi connectivity index (χ3v) is 3.74. The number of carbonyl (C=O) groups excluding carboxylic acids is 1. The molecule has 0 radical (unpaired) electrons. The fraction of sp³-hybridized carbons (Fsp3) is 0.833. The van der Waals surface area contributed by atoms with Gasteiger partial charge in [0.15, 0.2) is 0 Å². The molecular formula is C12H19NO5. The minimum Gasteiger partial charge on any atom is -0.480 e. The van der Waals surface area contributed by atoms with Gasteiger partial charge in [-0.15, -0.1) is 0 Å². The number of aliphatic carboxylic acids is 1. The van der Waals surface area contributed by atoms with Crippen molar-refractivity contribution in [3.63, 3.8) is 0 Å². The molecule has 0 atom stereocenters. The van der Waals surface area contributed by atoms with E-state index in [0.717, 1.165) is 0 Å². The number of aliphatic hydroxyl groups is 1. The van der Waals surface area contributed by atoms with Gasteiger partial charge in [0.25, 0.3) is 0 Å². The van der Waals surface area contributed by atoms with E-state index in [1.807, 2.05) is 0 Å². The molecule has 1 heterocycles. The average molecular weight is 257 g/mol. The fourth-order valence-corrected chi connectivity index (χ4v) is 2.39. The largest absolute Gasteiger partial charge is 0.480 e. The number of carboxylic acid groups (broad SMARTS) is 1. The van der Waals surface area contributed by atoms with E-state index in [4.69, 9.17) is 14.9 Å². The Kier molecular flexibility index (Phi) is 3.87. The topological polar surface area (TPSA) is 87.1 Å². The smallest absolute Gasteiger partial charge is 0.319 e. The molecule has 0 aromatic rings. The van der Waals surface area contributed by atoms with E-state index in [1.54, 1.807) is 4.90 Å². The lowest BCUT2D eigenvalue weighted by molar-refractivity contribution is -0.154. The summed E-state index contributed by atoms with van der Waals surface area (Å²) in [6.45, 7) is 1.41. The summed E-state index contributed by atoms with van der Waals surface area (Å²) in [6.07, 6.45) is 2.41. The van der Waals surface area contributed by atoms with Crippen LogP contribution in [0.5, 0.6) is 0 Å². The second kappa shape index (κ2) is 5.24. The molecule has 6 heteroatoms. The minimum atomic E-state index is -1.13. The van der Waals surface area contributed by atoms with E-state index in [2.05, 4.69) is 0 Å². The summed E-state index contributed by atoms with van der Waals surface area (Å²) >= 11 is 0. The van der Waals surface area contributed by atoms with Gasteiger partial charge in [-0.25, -0.2) is 0 Å². The van der Waals surface area contributed by atoms with Crippen LogP contribution in [0.2, 0.25) is 0 Å². The molecule has 0 bridgehead atoms. The molecule has 2 rings (SSSR count). The second-order valence-electron chi connectivity index (χ2n) is 4.97. The number of ether oxygens (including phenoxy) is 1. The van der Waals surface area contributed by atoms with E-state index >= 15 is 0 Å². The third kappa shape index (κ3) is 2.49. The predicted molar refractivity (Wildman–Crippen MR) is 61.9 cm³/mol. The number of aliphatic hydroxyl groups excluding tert-OH is 1. The van der Waals surface area contributed by atoms with Gasteiger partial charge in [-0.2, -0.15) is 0 Å². The lowest BCUT2D eigenvalue weighted by Crippen LogP contribution is -2.46. The van der Waals surface area contributed by atoms with Gasteiger partial charge in [0, 0.05) is 13.1 Å². The van der Waals surface area contributed by atoms with Crippen molar-refractivity contribution in [3.05, 3.63) is 0 Å². The maximum Gasteiger partial charge on any atom is 0.319 e. The number of carbonyl (C=O) groups is 2. The summed E-state index contributed by atoms with van der Waals surface area (Å²) in [5.41, 5.74) is -1.13. The van der Waals surface area contributed by atoms with Gasteiger partial charge in [0.1, 0.15) is 5.41 Å². The Morgan fingerprint density at radius 1 is 1.28 bits per heavy atom. The van der Waals surface area contributed by atoms with Crippen molar-refractivity contribution in [1.82, 2.24) is 4.90 Å². The zero-order valence-corrected chi connectivity index (χ0v) is 10.3. The van der Waals surface area contributed by atoms with Crippen LogP contribution in [0, 0.1) is 5.41 Å². The highest BCUT2D eigenvalue weighted by Gasteiger charge is 2.58. The van der Waals surface area contributed by atoms with E-state index < -0.39 is 11.4 Å². The Balaban J connectivity index is 1.83. The normalized spacial score (nSPS) is 22.8. The van der Waals surface area contributed by atoms with Crippen molar-refractivity contribution < 1.29 is 24.5 Å². The van der Waals surface area contributed by atoms with Crippen LogP contribution in [-0.4, -0.2) is 59.4 Å². The Hall–Kier alpha value is -1.14. The number of hydrogen-bond acceptors (Lipinski definition) is 4. The van der Waals surface area contributed by atoms with Gasteiger partial charge in [0.05, 0.1) is 19.3 Å². The Bertz CT molecular complexity index is 331. The third-order valence-electron chi connectivity index (χ3n) is 3.74. The number of nitrogens with zero attached hydrogens (tertiary/aromatic N) is 1. The molecule has 1 aliphatic carbocycles. The van der Waals surface area contributed by atoms with Crippen LogP contribution in [0.4, 0.5) is 0 Å². The second-order valence-corrected chi connectivity index (χ2v) is 4.97. The lowest BCUT2D eigenvalue weighted by atomic mass is 10.0. The SMILES string of the molecule is O=C(O)C1(C(=O)N2CCC(OCCO)CC2)CC1. The maximum absolute atomic E-state index is 12.1. The Morgan fingerprint density at radius 3 is 2.33 bits per heavy atom. The van der Waals surface area contributed by atoms with Crippen LogP contribution in [0.15, 0.2) is 0 Å². The van der Waals surface area contributed by atoms with E-state index in [0.29, 0.717) is 45.4 Å². The summed E-state index contributed by atoms with van der Waals surface area (Å²) < 4.78 is 5.40. The molecule has 0 unspecified atom stereocenters. The molecule has 0 spiro atoms. The molecule has 2 N–H and O–H groups in total. The van der Waals surface area contributed by atoms with Crippen LogP contribution in [-0.2, 0) is 14.3 Å². The van der Waals surface area contributed by atoms with Gasteiger partial charge in [0.2, 0.25) is 5.91 Å². The number of hydrogen-bond donors (Lipinski definition) is 2. The molecule has 18 heavy (non-hydrogen) atoms. The van der Waals surface area contributed by atoms with Crippen molar-refractivity contribution in [2.75, 3.05) is 26.3 Å². The first-order chi connectivity index (χ1) is 8.60. The van der Waals surface area contributed by atoms with Crippen LogP contribution < -0.4 is 0 Å². The first-order valence-corrected chi connectivity index (χ1v) is 6.35. The molecule has 1 saturated heterocycles. The van der Waals surface area contributed by atoms with Crippen LogP contribution in [0.3, 0.4) is 0 Å². The first kappa shape index (κ1) is 13.3. The van der Waals surface area contributed by atoms with Crippen LogP contribution in [0.25, 0.3) is 0 Å². The minimum absolute atomic E-state index is 0.00126. The number of piperidine rings is 1. The van der Waals surface area contributed by atoms with Crippen molar-refractivity contribution >= 4 is 11.9 Å². The van der Waals surface area contributed by atoms with Crippen LogP contribution >= 0.6 is 0 Å². The molecular weight excluding hydrogens is 238 g/mol. The highest BCUT2D eigenvalue weighted by molar-refractivity contribution is 6.04. The Morgan fingerprint density at radius 2 is 1.89 bits per heavy atom. The average Bonchev–Trinajstić information content (AvgIpc) is 3.17. The fourth-order valence-electron chi connectivity index (χ4n) is 2.39. The van der Waals surface area contributed by atoms with Crippen molar-refractivity contribution in [3.8, 4) is 0 Å². The summed E-state index contributed by atoms with van der Waals surface area (Å²) in [7, 11) is 0. The lowest BCUT2D eigenvalue weighted by Gasteiger charge is -2.33. The highest BCUT2D eigenvalue weighted by atomic mass is 16.5. The zero-order valence-electron chi connectivity index (χ0n) is 10.3. The summed E-state index contributed by atoms with van der Waals surface area (Å²) in [5, 5.41) is 17.7. The van der Waals surface area contributed by atoms with Crippen molar-refractivity contribution in [1.29, 1.82) is 0 Å². The molecule has 102 valence electrons. The van der Waals surface area contributed by atoms with E-state index in [9.17, 15) is 9.59 Å². The van der Waals surface area contributed by atoms with E-state index in [-0.39, 0.29) is 18.6 Å². The van der Waals surface area contributed by atoms with Gasteiger partial charge in [-0.05, 0) is 25.7 Å². The number of likely N-dealkylation sites (tertiary alicyclic amines) is 1. The standard InChI is InChI=1S/C12H19NO5/c14-7-8-18-9-1-5-13(6-2-9)10(15)12(3-4-12)11(16)17/h9,14H,1-8H2,(H,16,17). The molecule has 2 fully saturated rings. The number of rotatable bonds is 5. The van der Waals surface area contributed by atoms with Crippen LogP contribution in [0.1, 0.15) is 25.7 Å². The summed E-state index contributed by atoms with van der Waals surface area (Å²) in [6, 6.07) is 0. The van der Waals surface area contributed by atoms with Gasteiger partial charge >= 0.3 is 5.97 Å². The van der Waals surface area contributed by atoms with Crippen molar-refractivity contribution in [2.24, 2.45) is 5.41 Å². The zero-order chi connectivity index (χ0) is 13.2. The van der Waals surface area contributed by atoms with Gasteiger partial charge in [-0.1, -0.05) is 0 Å². The number of carboxylic acids is 1. The number of amides is 1. The summed E-state index contributed by atoms with van der Waals surface area (Å²) in [5.74, 6) is -1.23. The van der Waals surface area contributed by atoms with Gasteiger partial charge in [-0.3, -0.25) is 9.59 Å². The Labute approximate surface area is 106 Å². The molecule has 0 aromatic carbocycles. The quantitative estimate of drug-likeness (QED) is 0.669. The summed E-state index contributed by atoms with van der Waals surface area (Å²) in [4.78, 5) is 24.8. The highest BCUT2D eigenvalue weighted by Crippen LogP contribution is 2.47. The molecule has 1 amide bonds.